The quantitative estimate of drug-likeness (QED) is 0.450. The summed E-state index contributed by atoms with van der Waals surface area (Å²) in [6, 6.07) is 20.2. The summed E-state index contributed by atoms with van der Waals surface area (Å²) in [6.07, 6.45) is 2.12. The largest absolute Gasteiger partial charge is 0.496 e. The number of likely N-dealkylation sites (tertiary alicyclic amines) is 1. The summed E-state index contributed by atoms with van der Waals surface area (Å²) in [6.45, 7) is 0.100. The van der Waals surface area contributed by atoms with Crippen LogP contribution in [0, 0.1) is 11.8 Å². The first-order chi connectivity index (χ1) is 17.4. The van der Waals surface area contributed by atoms with Crippen LogP contribution < -0.4 is 10.1 Å². The molecule has 2 heterocycles. The number of nitrogens with zero attached hydrogens (tertiary/aromatic N) is 1. The summed E-state index contributed by atoms with van der Waals surface area (Å²) < 4.78 is 5.55. The van der Waals surface area contributed by atoms with Gasteiger partial charge in [-0.15, -0.1) is 0 Å². The number of rotatable bonds is 8. The number of carbonyl (C=O) groups excluding carboxylic acids is 2. The molecule has 2 aliphatic heterocycles. The van der Waals surface area contributed by atoms with Gasteiger partial charge in [0.05, 0.1) is 25.5 Å². The van der Waals surface area contributed by atoms with Crippen molar-refractivity contribution in [2.45, 2.75) is 24.5 Å². The van der Waals surface area contributed by atoms with Crippen molar-refractivity contribution in [3.63, 3.8) is 0 Å². The molecule has 0 aromatic heterocycles. The third-order valence-corrected chi connectivity index (χ3v) is 8.12. The molecule has 36 heavy (non-hydrogen) atoms. The van der Waals surface area contributed by atoms with E-state index in [4.69, 9.17) is 4.74 Å². The Labute approximate surface area is 213 Å². The fraction of sp³-hybridized carbons (Fsp3) is 0.321. The van der Waals surface area contributed by atoms with Crippen LogP contribution in [-0.4, -0.2) is 52.4 Å². The second-order valence-electron chi connectivity index (χ2n) is 9.29. The molecule has 2 amide bonds. The minimum absolute atomic E-state index is 0.100. The van der Waals surface area contributed by atoms with Crippen LogP contribution in [0.25, 0.3) is 10.8 Å². The fourth-order valence-corrected chi connectivity index (χ4v) is 6.33. The molecule has 3 aromatic carbocycles. The lowest BCUT2D eigenvalue weighted by Crippen LogP contribution is -2.56. The zero-order valence-electron chi connectivity index (χ0n) is 20.1. The SMILES string of the molecule is COc1ccccc1C1NC(CCSC)(C(=O)O)C2C(=O)N(Cc3cccc4ccccc34)C(=O)C12. The maximum absolute atomic E-state index is 13.9. The standard InChI is InChI=1S/C28H28N2O5S/c1-35-21-13-6-5-12-20(21)24-22-23(28(29-24,27(33)34)14-15-36-2)26(32)30(25(22)31)16-18-10-7-9-17-8-3-4-11-19(17)18/h3-13,22-24,29H,14-16H2,1-2H3,(H,33,34). The number of ether oxygens (including phenoxy) is 1. The molecule has 8 heteroatoms. The summed E-state index contributed by atoms with van der Waals surface area (Å²) in [5.74, 6) is -2.68. The maximum Gasteiger partial charge on any atom is 0.324 e. The predicted molar refractivity (Wildman–Crippen MR) is 139 cm³/mol. The van der Waals surface area contributed by atoms with Gasteiger partial charge in [0.25, 0.3) is 0 Å². The van der Waals surface area contributed by atoms with Gasteiger partial charge in [-0.05, 0) is 40.8 Å². The van der Waals surface area contributed by atoms with E-state index in [2.05, 4.69) is 5.32 Å². The Hall–Kier alpha value is -3.36. The van der Waals surface area contributed by atoms with Crippen molar-refractivity contribution in [1.82, 2.24) is 10.2 Å². The monoisotopic (exact) mass is 504 g/mol. The minimum atomic E-state index is -1.56. The van der Waals surface area contributed by atoms with Gasteiger partial charge in [0.1, 0.15) is 11.3 Å². The average Bonchev–Trinajstić information content (AvgIpc) is 3.37. The molecule has 0 bridgehead atoms. The number of amides is 2. The number of imide groups is 1. The predicted octanol–water partition coefficient (Wildman–Crippen LogP) is 3.87. The Kier molecular flexibility index (Phi) is 6.49. The van der Waals surface area contributed by atoms with E-state index in [9.17, 15) is 19.5 Å². The molecule has 2 N–H and O–H groups in total. The molecule has 2 saturated heterocycles. The molecular weight excluding hydrogens is 476 g/mol. The number of carbonyl (C=O) groups is 3. The molecule has 3 aromatic rings. The molecule has 4 atom stereocenters. The number of carboxylic acid groups (broad SMARTS) is 1. The first kappa shape index (κ1) is 24.3. The fourth-order valence-electron chi connectivity index (χ4n) is 5.81. The Morgan fingerprint density at radius 2 is 1.78 bits per heavy atom. The molecule has 7 nitrogen and oxygen atoms in total. The topological polar surface area (TPSA) is 95.9 Å². The number of methoxy groups -OCH3 is 1. The van der Waals surface area contributed by atoms with E-state index in [1.54, 1.807) is 6.07 Å². The normalized spacial score (nSPS) is 25.4. The second-order valence-corrected chi connectivity index (χ2v) is 10.3. The summed E-state index contributed by atoms with van der Waals surface area (Å²) in [5, 5.41) is 15.7. The van der Waals surface area contributed by atoms with Gasteiger partial charge in [0.2, 0.25) is 11.8 Å². The second kappa shape index (κ2) is 9.59. The van der Waals surface area contributed by atoms with Crippen LogP contribution in [0.5, 0.6) is 5.75 Å². The maximum atomic E-state index is 13.9. The van der Waals surface area contributed by atoms with E-state index in [0.717, 1.165) is 16.3 Å². The van der Waals surface area contributed by atoms with Gasteiger partial charge in [-0.1, -0.05) is 60.7 Å². The molecule has 0 spiro atoms. The third kappa shape index (κ3) is 3.76. The summed E-state index contributed by atoms with van der Waals surface area (Å²) in [5.41, 5.74) is -0.0311. The van der Waals surface area contributed by atoms with Crippen LogP contribution in [0.4, 0.5) is 0 Å². The van der Waals surface area contributed by atoms with Gasteiger partial charge < -0.3 is 9.84 Å². The van der Waals surface area contributed by atoms with Crippen molar-refractivity contribution in [3.8, 4) is 5.75 Å². The Balaban J connectivity index is 1.60. The van der Waals surface area contributed by atoms with Crippen LogP contribution in [0.15, 0.2) is 66.7 Å². The van der Waals surface area contributed by atoms with E-state index in [1.807, 2.05) is 66.9 Å². The third-order valence-electron chi connectivity index (χ3n) is 7.51. The van der Waals surface area contributed by atoms with E-state index >= 15 is 0 Å². The first-order valence-electron chi connectivity index (χ1n) is 11.9. The molecule has 4 unspecified atom stereocenters. The van der Waals surface area contributed by atoms with E-state index in [0.29, 0.717) is 17.1 Å². The Bertz CT molecular complexity index is 1340. The van der Waals surface area contributed by atoms with Gasteiger partial charge in [0, 0.05) is 11.6 Å². The summed E-state index contributed by atoms with van der Waals surface area (Å²) >= 11 is 1.51. The number of carboxylic acids is 1. The van der Waals surface area contributed by atoms with E-state index < -0.39 is 35.3 Å². The Morgan fingerprint density at radius 1 is 1.06 bits per heavy atom. The molecule has 186 valence electrons. The molecule has 2 fully saturated rings. The van der Waals surface area contributed by atoms with Crippen molar-refractivity contribution in [2.24, 2.45) is 11.8 Å². The molecular formula is C28H28N2O5S. The molecule has 2 aliphatic rings. The molecule has 5 rings (SSSR count). The van der Waals surface area contributed by atoms with Crippen LogP contribution in [0.3, 0.4) is 0 Å². The number of nitrogens with one attached hydrogen (secondary N) is 1. The van der Waals surface area contributed by atoms with Crippen molar-refractivity contribution in [2.75, 3.05) is 19.1 Å². The highest BCUT2D eigenvalue weighted by Crippen LogP contribution is 2.52. The smallest absolute Gasteiger partial charge is 0.324 e. The van der Waals surface area contributed by atoms with Gasteiger partial charge >= 0.3 is 5.97 Å². The van der Waals surface area contributed by atoms with Gasteiger partial charge in [0.15, 0.2) is 0 Å². The molecule has 0 radical (unpaired) electrons. The number of para-hydroxylation sites is 1. The lowest BCUT2D eigenvalue weighted by Gasteiger charge is -2.31. The van der Waals surface area contributed by atoms with Crippen LogP contribution in [0.1, 0.15) is 23.6 Å². The van der Waals surface area contributed by atoms with Crippen molar-refractivity contribution < 1.29 is 24.2 Å². The number of benzene rings is 3. The van der Waals surface area contributed by atoms with Gasteiger partial charge in [-0.3, -0.25) is 24.6 Å². The average molecular weight is 505 g/mol. The highest BCUT2D eigenvalue weighted by molar-refractivity contribution is 7.98. The highest BCUT2D eigenvalue weighted by Gasteiger charge is 2.68. The number of aliphatic carboxylic acids is 1. The summed E-state index contributed by atoms with van der Waals surface area (Å²) in [7, 11) is 1.54. The van der Waals surface area contributed by atoms with Crippen molar-refractivity contribution in [1.29, 1.82) is 0 Å². The number of hydrogen-bond donors (Lipinski definition) is 2. The lowest BCUT2D eigenvalue weighted by atomic mass is 9.78. The zero-order valence-corrected chi connectivity index (χ0v) is 21.0. The minimum Gasteiger partial charge on any atom is -0.496 e. The number of thioether (sulfide) groups is 1. The van der Waals surface area contributed by atoms with Crippen LogP contribution in [-0.2, 0) is 20.9 Å². The lowest BCUT2D eigenvalue weighted by molar-refractivity contribution is -0.151. The van der Waals surface area contributed by atoms with Gasteiger partial charge in [-0.2, -0.15) is 11.8 Å². The van der Waals surface area contributed by atoms with Crippen molar-refractivity contribution in [3.05, 3.63) is 77.9 Å². The number of hydrogen-bond acceptors (Lipinski definition) is 6. The first-order valence-corrected chi connectivity index (χ1v) is 13.3. The molecule has 0 saturated carbocycles. The van der Waals surface area contributed by atoms with Gasteiger partial charge in [-0.25, -0.2) is 0 Å². The Morgan fingerprint density at radius 3 is 2.53 bits per heavy atom. The number of fused-ring (bicyclic) bond motifs is 2. The molecule has 0 aliphatic carbocycles. The summed E-state index contributed by atoms with van der Waals surface area (Å²) in [4.78, 5) is 41.9. The van der Waals surface area contributed by atoms with E-state index in [-0.39, 0.29) is 18.9 Å². The van der Waals surface area contributed by atoms with Crippen molar-refractivity contribution >= 4 is 40.3 Å². The van der Waals surface area contributed by atoms with Crippen LogP contribution >= 0.6 is 11.8 Å². The van der Waals surface area contributed by atoms with Crippen LogP contribution in [0.2, 0.25) is 0 Å². The van der Waals surface area contributed by atoms with E-state index in [1.165, 1.54) is 23.8 Å². The zero-order chi connectivity index (χ0) is 25.4. The highest BCUT2D eigenvalue weighted by atomic mass is 32.2.